The summed E-state index contributed by atoms with van der Waals surface area (Å²) in [4.78, 5) is 11.1. The summed E-state index contributed by atoms with van der Waals surface area (Å²) in [6.07, 6.45) is -1.81. The molecule has 1 atom stereocenters. The van der Waals surface area contributed by atoms with Crippen LogP contribution in [0.1, 0.15) is 25.0 Å². The zero-order chi connectivity index (χ0) is 25.7. The standard InChI is InChI=1S/C22H23ClF3NO5S2/c1-4-9-27(34(30,31)20-8-5-16(11-18(20)23)22(24,25)26)12-15(3)33-17-6-7-19(14(2)10-17)32-13-21(28)29/h4-11,15H,12-13H2,1-3H3,(H,28,29)/b9-4+/t15-/m1/s1. The van der Waals surface area contributed by atoms with Gasteiger partial charge < -0.3 is 9.84 Å². The van der Waals surface area contributed by atoms with Crippen molar-refractivity contribution in [2.24, 2.45) is 0 Å². The fourth-order valence-electron chi connectivity index (χ4n) is 2.94. The number of sulfonamides is 1. The second-order valence-electron chi connectivity index (χ2n) is 7.24. The largest absolute Gasteiger partial charge is 0.482 e. The van der Waals surface area contributed by atoms with Crippen LogP contribution in [0.4, 0.5) is 13.2 Å². The Balaban J connectivity index is 2.21. The summed E-state index contributed by atoms with van der Waals surface area (Å²) >= 11 is 7.30. The van der Waals surface area contributed by atoms with Crippen molar-refractivity contribution >= 4 is 39.4 Å². The average Bonchev–Trinajstić information content (AvgIpc) is 2.71. The first-order chi connectivity index (χ1) is 15.8. The van der Waals surface area contributed by atoms with Gasteiger partial charge in [0.25, 0.3) is 10.0 Å². The highest BCUT2D eigenvalue weighted by atomic mass is 35.5. The molecular weight excluding hydrogens is 515 g/mol. The van der Waals surface area contributed by atoms with Gasteiger partial charge in [-0.3, -0.25) is 4.31 Å². The lowest BCUT2D eigenvalue weighted by Gasteiger charge is -2.24. The van der Waals surface area contributed by atoms with E-state index in [9.17, 15) is 26.4 Å². The molecule has 2 aromatic carbocycles. The molecule has 0 aromatic heterocycles. The molecule has 0 aliphatic heterocycles. The first-order valence-corrected chi connectivity index (χ1v) is 12.6. The van der Waals surface area contributed by atoms with Crippen LogP contribution in [0, 0.1) is 6.92 Å². The Labute approximate surface area is 205 Å². The van der Waals surface area contributed by atoms with E-state index >= 15 is 0 Å². The van der Waals surface area contributed by atoms with Gasteiger partial charge in [0.1, 0.15) is 10.6 Å². The lowest BCUT2D eigenvalue weighted by Crippen LogP contribution is -2.31. The van der Waals surface area contributed by atoms with Gasteiger partial charge in [-0.15, -0.1) is 11.8 Å². The Morgan fingerprint density at radius 2 is 1.94 bits per heavy atom. The Morgan fingerprint density at radius 3 is 2.47 bits per heavy atom. The number of carboxylic acids is 1. The maximum atomic E-state index is 13.2. The molecule has 0 aliphatic carbocycles. The lowest BCUT2D eigenvalue weighted by atomic mass is 10.2. The van der Waals surface area contributed by atoms with Gasteiger partial charge in [0, 0.05) is 22.9 Å². The number of allylic oxidation sites excluding steroid dienone is 1. The molecule has 0 bridgehead atoms. The summed E-state index contributed by atoms with van der Waals surface area (Å²) in [5.74, 6) is -0.667. The van der Waals surface area contributed by atoms with E-state index in [1.165, 1.54) is 24.0 Å². The number of aliphatic carboxylic acids is 1. The second kappa shape index (κ2) is 11.4. The molecule has 0 unspecified atom stereocenters. The minimum absolute atomic E-state index is 0.0189. The molecular formula is C22H23ClF3NO5S2. The molecule has 2 aromatic rings. The fourth-order valence-corrected chi connectivity index (χ4v) is 6.10. The van der Waals surface area contributed by atoms with Gasteiger partial charge in [-0.1, -0.05) is 24.6 Å². The zero-order valence-electron chi connectivity index (χ0n) is 18.5. The van der Waals surface area contributed by atoms with Crippen molar-refractivity contribution in [1.82, 2.24) is 4.31 Å². The molecule has 186 valence electrons. The molecule has 2 rings (SSSR count). The van der Waals surface area contributed by atoms with Gasteiger partial charge in [0.15, 0.2) is 6.61 Å². The third-order valence-electron chi connectivity index (χ3n) is 4.43. The van der Waals surface area contributed by atoms with Crippen LogP contribution >= 0.6 is 23.4 Å². The van der Waals surface area contributed by atoms with Gasteiger partial charge in [-0.05, 0) is 55.8 Å². The van der Waals surface area contributed by atoms with E-state index in [2.05, 4.69) is 0 Å². The summed E-state index contributed by atoms with van der Waals surface area (Å²) in [6.45, 7) is 4.73. The van der Waals surface area contributed by atoms with Crippen molar-refractivity contribution in [2.75, 3.05) is 13.2 Å². The highest BCUT2D eigenvalue weighted by Crippen LogP contribution is 2.35. The molecule has 12 heteroatoms. The van der Waals surface area contributed by atoms with Crippen molar-refractivity contribution in [2.45, 2.75) is 42.0 Å². The van der Waals surface area contributed by atoms with Crippen molar-refractivity contribution in [3.05, 3.63) is 64.8 Å². The van der Waals surface area contributed by atoms with Crippen LogP contribution in [0.15, 0.2) is 58.5 Å². The van der Waals surface area contributed by atoms with Crippen molar-refractivity contribution in [3.8, 4) is 5.75 Å². The number of aryl methyl sites for hydroxylation is 1. The smallest absolute Gasteiger partial charge is 0.416 e. The van der Waals surface area contributed by atoms with Crippen LogP contribution in [0.25, 0.3) is 0 Å². The van der Waals surface area contributed by atoms with Gasteiger partial charge in [0.2, 0.25) is 0 Å². The Morgan fingerprint density at radius 1 is 1.26 bits per heavy atom. The Hall–Kier alpha value is -2.37. The first-order valence-electron chi connectivity index (χ1n) is 9.89. The third kappa shape index (κ3) is 7.31. The van der Waals surface area contributed by atoms with Gasteiger partial charge in [-0.2, -0.15) is 13.2 Å². The zero-order valence-corrected chi connectivity index (χ0v) is 20.9. The highest BCUT2D eigenvalue weighted by molar-refractivity contribution is 8.00. The van der Waals surface area contributed by atoms with E-state index in [1.807, 2.05) is 0 Å². The number of benzene rings is 2. The number of hydrogen-bond acceptors (Lipinski definition) is 5. The fraction of sp³-hybridized carbons (Fsp3) is 0.318. The predicted octanol–water partition coefficient (Wildman–Crippen LogP) is 5.84. The quantitative estimate of drug-likeness (QED) is 0.384. The first kappa shape index (κ1) is 27.9. The van der Waals surface area contributed by atoms with E-state index in [1.54, 1.807) is 39.0 Å². The number of ether oxygens (including phenoxy) is 1. The van der Waals surface area contributed by atoms with Crippen LogP contribution in [0.5, 0.6) is 5.75 Å². The van der Waals surface area contributed by atoms with Crippen molar-refractivity contribution < 1.29 is 36.2 Å². The molecule has 1 N–H and O–H groups in total. The summed E-state index contributed by atoms with van der Waals surface area (Å²) < 4.78 is 71.3. The van der Waals surface area contributed by atoms with E-state index < -0.39 is 44.3 Å². The summed E-state index contributed by atoms with van der Waals surface area (Å²) in [6, 6.07) is 7.29. The normalized spacial score (nSPS) is 13.1. The highest BCUT2D eigenvalue weighted by Gasteiger charge is 2.33. The van der Waals surface area contributed by atoms with Gasteiger partial charge >= 0.3 is 12.1 Å². The molecule has 0 aliphatic rings. The number of nitrogens with zero attached hydrogens (tertiary/aromatic N) is 1. The van der Waals surface area contributed by atoms with Crippen molar-refractivity contribution in [1.29, 1.82) is 0 Å². The monoisotopic (exact) mass is 537 g/mol. The van der Waals surface area contributed by atoms with E-state index in [0.717, 1.165) is 15.3 Å². The third-order valence-corrected chi connectivity index (χ3v) is 7.74. The van der Waals surface area contributed by atoms with Crippen LogP contribution in [0.3, 0.4) is 0 Å². The van der Waals surface area contributed by atoms with E-state index in [-0.39, 0.29) is 11.8 Å². The van der Waals surface area contributed by atoms with Crippen LogP contribution in [-0.4, -0.2) is 42.2 Å². The number of hydrogen-bond donors (Lipinski definition) is 1. The molecule has 6 nitrogen and oxygen atoms in total. The molecule has 0 radical (unpaired) electrons. The minimum Gasteiger partial charge on any atom is -0.482 e. The number of halogens is 4. The number of rotatable bonds is 10. The maximum absolute atomic E-state index is 13.2. The van der Waals surface area contributed by atoms with Gasteiger partial charge in [-0.25, -0.2) is 13.2 Å². The molecule has 34 heavy (non-hydrogen) atoms. The molecule has 0 amide bonds. The van der Waals surface area contributed by atoms with E-state index in [4.69, 9.17) is 21.4 Å². The number of thioether (sulfide) groups is 1. The summed E-state index contributed by atoms with van der Waals surface area (Å²) in [7, 11) is -4.22. The molecule has 0 spiro atoms. The topological polar surface area (TPSA) is 83.9 Å². The number of carbonyl (C=O) groups is 1. The van der Waals surface area contributed by atoms with Gasteiger partial charge in [0.05, 0.1) is 10.6 Å². The van der Waals surface area contributed by atoms with Crippen LogP contribution < -0.4 is 4.74 Å². The maximum Gasteiger partial charge on any atom is 0.416 e. The summed E-state index contributed by atoms with van der Waals surface area (Å²) in [5.41, 5.74) is -0.322. The predicted molar refractivity (Wildman–Crippen MR) is 125 cm³/mol. The van der Waals surface area contributed by atoms with Crippen molar-refractivity contribution in [3.63, 3.8) is 0 Å². The van der Waals surface area contributed by atoms with E-state index in [0.29, 0.717) is 23.4 Å². The molecule has 0 heterocycles. The molecule has 0 saturated heterocycles. The Kier molecular flexibility index (Phi) is 9.32. The summed E-state index contributed by atoms with van der Waals surface area (Å²) in [5, 5.41) is 7.96. The Bertz CT molecular complexity index is 1170. The number of carboxylic acid groups (broad SMARTS) is 1. The van der Waals surface area contributed by atoms with Crippen LogP contribution in [-0.2, 0) is 21.0 Å². The van der Waals surface area contributed by atoms with Crippen LogP contribution in [0.2, 0.25) is 5.02 Å². The number of alkyl halides is 3. The minimum atomic E-state index is -4.65. The lowest BCUT2D eigenvalue weighted by molar-refractivity contribution is -0.139. The molecule has 0 fully saturated rings. The average molecular weight is 538 g/mol. The molecule has 0 saturated carbocycles. The SMILES string of the molecule is C/C=C/N(C[C@@H](C)Sc1ccc(OCC(=O)O)c(C)c1)S(=O)(=O)c1ccc(C(F)(F)F)cc1Cl. The second-order valence-corrected chi connectivity index (χ2v) is 11.0.